The van der Waals surface area contributed by atoms with E-state index in [1.807, 2.05) is 6.07 Å². The van der Waals surface area contributed by atoms with E-state index in [0.29, 0.717) is 5.15 Å². The quantitative estimate of drug-likeness (QED) is 0.861. The molecule has 0 radical (unpaired) electrons. The van der Waals surface area contributed by atoms with Gasteiger partial charge < -0.3 is 5.32 Å². The van der Waals surface area contributed by atoms with E-state index >= 15 is 0 Å². The van der Waals surface area contributed by atoms with Crippen LogP contribution in [-0.4, -0.2) is 4.98 Å². The minimum Gasteiger partial charge on any atom is -0.379 e. The SMILES string of the molecule is Clc1ccc(NCc2cc(Br)cs2)cn1. The standard InChI is InChI=1S/C10H8BrClN2S/c11-7-3-9(15-6-7)5-13-8-1-2-10(12)14-4-8/h1-4,6,13H,5H2. The summed E-state index contributed by atoms with van der Waals surface area (Å²) >= 11 is 10.8. The lowest BCUT2D eigenvalue weighted by atomic mass is 10.4. The molecule has 15 heavy (non-hydrogen) atoms. The third kappa shape index (κ3) is 3.19. The molecule has 0 saturated carbocycles. The Hall–Kier alpha value is -0.580. The summed E-state index contributed by atoms with van der Waals surface area (Å²) in [5.41, 5.74) is 0.976. The van der Waals surface area contributed by atoms with E-state index in [9.17, 15) is 0 Å². The van der Waals surface area contributed by atoms with E-state index in [-0.39, 0.29) is 0 Å². The van der Waals surface area contributed by atoms with Gasteiger partial charge in [-0.1, -0.05) is 11.6 Å². The van der Waals surface area contributed by atoms with E-state index in [1.54, 1.807) is 23.6 Å². The maximum Gasteiger partial charge on any atom is 0.129 e. The van der Waals surface area contributed by atoms with Gasteiger partial charge in [0.1, 0.15) is 5.15 Å². The molecule has 0 aliphatic carbocycles. The van der Waals surface area contributed by atoms with Crippen molar-refractivity contribution in [1.29, 1.82) is 0 Å². The highest BCUT2D eigenvalue weighted by atomic mass is 79.9. The monoisotopic (exact) mass is 302 g/mol. The number of anilines is 1. The Morgan fingerprint density at radius 3 is 2.93 bits per heavy atom. The Morgan fingerprint density at radius 2 is 2.33 bits per heavy atom. The summed E-state index contributed by atoms with van der Waals surface area (Å²) in [6, 6.07) is 5.78. The van der Waals surface area contributed by atoms with Gasteiger partial charge in [-0.25, -0.2) is 4.98 Å². The third-order valence-corrected chi connectivity index (χ3v) is 3.74. The Balaban J connectivity index is 1.96. The number of hydrogen-bond acceptors (Lipinski definition) is 3. The molecule has 2 aromatic rings. The molecule has 2 nitrogen and oxygen atoms in total. The van der Waals surface area contributed by atoms with Crippen molar-refractivity contribution < 1.29 is 0 Å². The average Bonchev–Trinajstić information content (AvgIpc) is 2.64. The van der Waals surface area contributed by atoms with Crippen molar-refractivity contribution in [2.45, 2.75) is 6.54 Å². The minimum atomic E-state index is 0.513. The highest BCUT2D eigenvalue weighted by Gasteiger charge is 1.98. The second-order valence-corrected chi connectivity index (χ2v) is 5.25. The molecule has 78 valence electrons. The lowest BCUT2D eigenvalue weighted by molar-refractivity contribution is 1.17. The van der Waals surface area contributed by atoms with Crippen LogP contribution in [0.2, 0.25) is 5.15 Å². The average molecular weight is 304 g/mol. The molecule has 0 saturated heterocycles. The molecule has 1 N–H and O–H groups in total. The maximum atomic E-state index is 5.69. The number of nitrogens with one attached hydrogen (secondary N) is 1. The Morgan fingerprint density at radius 1 is 1.47 bits per heavy atom. The van der Waals surface area contributed by atoms with Crippen LogP contribution in [0.15, 0.2) is 34.2 Å². The molecule has 0 aromatic carbocycles. The predicted octanol–water partition coefficient (Wildman–Crippen LogP) is 4.17. The first kappa shape index (κ1) is 10.9. The van der Waals surface area contributed by atoms with Crippen LogP contribution in [0.1, 0.15) is 4.88 Å². The van der Waals surface area contributed by atoms with Gasteiger partial charge in [0.2, 0.25) is 0 Å². The summed E-state index contributed by atoms with van der Waals surface area (Å²) in [6.07, 6.45) is 1.73. The van der Waals surface area contributed by atoms with Crippen LogP contribution < -0.4 is 5.32 Å². The zero-order valence-electron chi connectivity index (χ0n) is 7.71. The van der Waals surface area contributed by atoms with Gasteiger partial charge in [0.15, 0.2) is 0 Å². The van der Waals surface area contributed by atoms with Gasteiger partial charge in [-0.05, 0) is 34.1 Å². The largest absolute Gasteiger partial charge is 0.379 e. The van der Waals surface area contributed by atoms with Crippen molar-refractivity contribution >= 4 is 44.6 Å². The fourth-order valence-electron chi connectivity index (χ4n) is 1.12. The summed E-state index contributed by atoms with van der Waals surface area (Å²) < 4.78 is 1.12. The molecule has 0 aliphatic heterocycles. The minimum absolute atomic E-state index is 0.513. The van der Waals surface area contributed by atoms with Crippen LogP contribution in [-0.2, 0) is 6.54 Å². The lowest BCUT2D eigenvalue weighted by Crippen LogP contribution is -1.97. The smallest absolute Gasteiger partial charge is 0.129 e. The van der Waals surface area contributed by atoms with Gasteiger partial charge in [0.05, 0.1) is 11.9 Å². The van der Waals surface area contributed by atoms with Gasteiger partial charge in [-0.3, -0.25) is 0 Å². The number of halogens is 2. The summed E-state index contributed by atoms with van der Waals surface area (Å²) in [4.78, 5) is 5.27. The molecule has 5 heteroatoms. The highest BCUT2D eigenvalue weighted by Crippen LogP contribution is 2.20. The summed E-state index contributed by atoms with van der Waals surface area (Å²) in [5, 5.41) is 5.85. The summed E-state index contributed by atoms with van der Waals surface area (Å²) in [6.45, 7) is 0.805. The van der Waals surface area contributed by atoms with Crippen molar-refractivity contribution in [3.8, 4) is 0 Å². The molecule has 0 atom stereocenters. The molecule has 2 rings (SSSR count). The first-order chi connectivity index (χ1) is 7.24. The number of thiophene rings is 1. The van der Waals surface area contributed by atoms with Crippen LogP contribution in [0.3, 0.4) is 0 Å². The molecule has 0 aliphatic rings. The van der Waals surface area contributed by atoms with Gasteiger partial charge in [-0.15, -0.1) is 11.3 Å². The van der Waals surface area contributed by atoms with E-state index in [4.69, 9.17) is 11.6 Å². The second kappa shape index (κ2) is 4.96. The zero-order chi connectivity index (χ0) is 10.7. The van der Waals surface area contributed by atoms with E-state index in [1.165, 1.54) is 4.88 Å². The number of nitrogens with zero attached hydrogens (tertiary/aromatic N) is 1. The van der Waals surface area contributed by atoms with Crippen molar-refractivity contribution in [1.82, 2.24) is 4.98 Å². The normalized spacial score (nSPS) is 10.3. The van der Waals surface area contributed by atoms with E-state index < -0.39 is 0 Å². The Labute approximate surface area is 105 Å². The first-order valence-corrected chi connectivity index (χ1v) is 6.37. The van der Waals surface area contributed by atoms with Gasteiger partial charge in [0, 0.05) is 21.3 Å². The highest BCUT2D eigenvalue weighted by molar-refractivity contribution is 9.10. The fraction of sp³-hybridized carbons (Fsp3) is 0.100. The second-order valence-electron chi connectivity index (χ2n) is 2.95. The lowest BCUT2D eigenvalue weighted by Gasteiger charge is -2.03. The first-order valence-electron chi connectivity index (χ1n) is 4.32. The van der Waals surface area contributed by atoms with Crippen LogP contribution in [0.5, 0.6) is 0 Å². The van der Waals surface area contributed by atoms with Gasteiger partial charge in [-0.2, -0.15) is 0 Å². The van der Waals surface area contributed by atoms with Crippen LogP contribution in [0.4, 0.5) is 5.69 Å². The molecule has 2 aromatic heterocycles. The molecule has 0 spiro atoms. The van der Waals surface area contributed by atoms with Crippen molar-refractivity contribution in [2.75, 3.05) is 5.32 Å². The Bertz CT molecular complexity index is 441. The van der Waals surface area contributed by atoms with E-state index in [2.05, 4.69) is 37.7 Å². The number of pyridine rings is 1. The zero-order valence-corrected chi connectivity index (χ0v) is 10.9. The third-order valence-electron chi connectivity index (χ3n) is 1.82. The van der Waals surface area contributed by atoms with Gasteiger partial charge >= 0.3 is 0 Å². The van der Waals surface area contributed by atoms with Crippen LogP contribution >= 0.6 is 38.9 Å². The molecule has 0 amide bonds. The predicted molar refractivity (Wildman–Crippen MR) is 68.6 cm³/mol. The van der Waals surface area contributed by atoms with Crippen molar-refractivity contribution in [3.63, 3.8) is 0 Å². The number of rotatable bonds is 3. The summed E-state index contributed by atoms with van der Waals surface area (Å²) in [7, 11) is 0. The molecule has 0 unspecified atom stereocenters. The van der Waals surface area contributed by atoms with E-state index in [0.717, 1.165) is 16.7 Å². The molecular weight excluding hydrogens is 296 g/mol. The fourth-order valence-corrected chi connectivity index (χ4v) is 2.62. The number of aromatic nitrogens is 1. The van der Waals surface area contributed by atoms with Crippen molar-refractivity contribution in [2.24, 2.45) is 0 Å². The van der Waals surface area contributed by atoms with Crippen LogP contribution in [0, 0.1) is 0 Å². The van der Waals surface area contributed by atoms with Crippen molar-refractivity contribution in [3.05, 3.63) is 44.3 Å². The Kier molecular flexibility index (Phi) is 3.61. The summed E-state index contributed by atoms with van der Waals surface area (Å²) in [5.74, 6) is 0. The number of hydrogen-bond donors (Lipinski definition) is 1. The van der Waals surface area contributed by atoms with Crippen LogP contribution in [0.25, 0.3) is 0 Å². The molecular formula is C10H8BrClN2S. The topological polar surface area (TPSA) is 24.9 Å². The molecule has 0 bridgehead atoms. The molecule has 2 heterocycles. The molecule has 0 fully saturated rings. The van der Waals surface area contributed by atoms with Gasteiger partial charge in [0.25, 0.3) is 0 Å². The maximum absolute atomic E-state index is 5.69.